The molecule has 2 aliphatic rings. The summed E-state index contributed by atoms with van der Waals surface area (Å²) in [5, 5.41) is 9.63. The number of pyridine rings is 1. The van der Waals surface area contributed by atoms with Crippen molar-refractivity contribution in [3.63, 3.8) is 0 Å². The van der Waals surface area contributed by atoms with Gasteiger partial charge in [0.15, 0.2) is 0 Å². The third-order valence-corrected chi connectivity index (χ3v) is 7.05. The molecule has 2 amide bonds. The number of carbonyl (C=O) groups excluding carboxylic acids is 2. The Morgan fingerprint density at radius 2 is 1.83 bits per heavy atom. The van der Waals surface area contributed by atoms with Crippen LogP contribution in [0.1, 0.15) is 48.9 Å². The van der Waals surface area contributed by atoms with E-state index in [1.165, 1.54) is 29.5 Å². The molecule has 1 aromatic carbocycles. The van der Waals surface area contributed by atoms with E-state index in [1.54, 1.807) is 24.3 Å². The van der Waals surface area contributed by atoms with Gasteiger partial charge in [-0.3, -0.25) is 9.59 Å². The Kier molecular flexibility index (Phi) is 6.02. The van der Waals surface area contributed by atoms with Crippen molar-refractivity contribution in [3.8, 4) is 6.07 Å². The minimum atomic E-state index is -0.558. The van der Waals surface area contributed by atoms with Crippen molar-refractivity contribution < 1.29 is 9.59 Å². The molecule has 4 rings (SSSR count). The van der Waals surface area contributed by atoms with Gasteiger partial charge in [0.05, 0.1) is 16.5 Å². The summed E-state index contributed by atoms with van der Waals surface area (Å²) in [5.74, 6) is -0.473. The molecule has 1 unspecified atom stereocenters. The molecular formula is C22H20BrN3O2S. The number of hydrogen-bond donors (Lipinski definition) is 0. The molecule has 1 saturated heterocycles. The lowest BCUT2D eigenvalue weighted by Gasteiger charge is -2.17. The van der Waals surface area contributed by atoms with Gasteiger partial charge < -0.3 is 0 Å². The largest absolute Gasteiger partial charge is 0.274 e. The van der Waals surface area contributed by atoms with E-state index in [1.807, 2.05) is 6.07 Å². The molecular weight excluding hydrogens is 450 g/mol. The predicted octanol–water partition coefficient (Wildman–Crippen LogP) is 4.80. The number of anilines is 1. The summed E-state index contributed by atoms with van der Waals surface area (Å²) in [7, 11) is 0. The van der Waals surface area contributed by atoms with Crippen LogP contribution in [0.5, 0.6) is 0 Å². The monoisotopic (exact) mass is 469 g/mol. The highest BCUT2D eigenvalue weighted by Crippen LogP contribution is 2.36. The number of benzene rings is 1. The Morgan fingerprint density at radius 3 is 2.55 bits per heavy atom. The first-order valence-corrected chi connectivity index (χ1v) is 11.5. The van der Waals surface area contributed by atoms with Gasteiger partial charge in [0.1, 0.15) is 11.1 Å². The number of nitriles is 1. The van der Waals surface area contributed by atoms with Crippen molar-refractivity contribution >= 4 is 45.2 Å². The van der Waals surface area contributed by atoms with Gasteiger partial charge in [-0.1, -0.05) is 40.5 Å². The minimum Gasteiger partial charge on any atom is -0.274 e. The molecule has 0 spiro atoms. The highest BCUT2D eigenvalue weighted by Gasteiger charge is 2.40. The number of hydrogen-bond acceptors (Lipinski definition) is 5. The van der Waals surface area contributed by atoms with Crippen LogP contribution in [-0.4, -0.2) is 22.0 Å². The second kappa shape index (κ2) is 8.68. The highest BCUT2D eigenvalue weighted by atomic mass is 79.9. The highest BCUT2D eigenvalue weighted by molar-refractivity contribution is 9.10. The molecule has 2 aromatic rings. The first-order valence-electron chi connectivity index (χ1n) is 9.78. The van der Waals surface area contributed by atoms with Gasteiger partial charge in [0, 0.05) is 16.6 Å². The Hall–Kier alpha value is -2.17. The van der Waals surface area contributed by atoms with E-state index in [2.05, 4.69) is 22.0 Å². The summed E-state index contributed by atoms with van der Waals surface area (Å²) in [6, 6.07) is 11.3. The van der Waals surface area contributed by atoms with Crippen LogP contribution in [0.25, 0.3) is 0 Å². The van der Waals surface area contributed by atoms with Gasteiger partial charge in [-0.05, 0) is 61.6 Å². The number of amides is 2. The van der Waals surface area contributed by atoms with Crippen LogP contribution in [0.2, 0.25) is 0 Å². The smallest absolute Gasteiger partial charge is 0.247 e. The molecule has 1 aliphatic carbocycles. The van der Waals surface area contributed by atoms with Crippen molar-refractivity contribution in [1.29, 1.82) is 5.26 Å². The van der Waals surface area contributed by atoms with Crippen LogP contribution in [0.15, 0.2) is 39.8 Å². The summed E-state index contributed by atoms with van der Waals surface area (Å²) in [6.07, 6.45) is 6.57. The summed E-state index contributed by atoms with van der Waals surface area (Å²) in [6.45, 7) is 0. The Morgan fingerprint density at radius 1 is 1.10 bits per heavy atom. The summed E-state index contributed by atoms with van der Waals surface area (Å²) >= 11 is 4.61. The van der Waals surface area contributed by atoms with E-state index in [-0.39, 0.29) is 18.2 Å². The SMILES string of the molecule is N#Cc1cc2c(nc1SC1CC(=O)N(c3ccc(Br)cc3)C1=O)CCCCCC2. The number of nitrogens with zero attached hydrogens (tertiary/aromatic N) is 3. The van der Waals surface area contributed by atoms with Gasteiger partial charge in [-0.2, -0.15) is 5.26 Å². The summed E-state index contributed by atoms with van der Waals surface area (Å²) < 4.78 is 0.884. The van der Waals surface area contributed by atoms with E-state index in [0.29, 0.717) is 16.3 Å². The molecule has 1 aromatic heterocycles. The normalized spacial score (nSPS) is 19.4. The number of rotatable bonds is 3. The quantitative estimate of drug-likeness (QED) is 0.603. The number of carbonyl (C=O) groups is 2. The summed E-state index contributed by atoms with van der Waals surface area (Å²) in [5.41, 5.74) is 3.25. The van der Waals surface area contributed by atoms with Crippen molar-refractivity contribution in [2.24, 2.45) is 0 Å². The topological polar surface area (TPSA) is 74.1 Å². The average molecular weight is 470 g/mol. The number of fused-ring (bicyclic) bond motifs is 1. The molecule has 0 bridgehead atoms. The van der Waals surface area contributed by atoms with Gasteiger partial charge >= 0.3 is 0 Å². The molecule has 1 atom stereocenters. The van der Waals surface area contributed by atoms with E-state index in [9.17, 15) is 14.9 Å². The zero-order valence-corrected chi connectivity index (χ0v) is 18.3. The fraction of sp³-hybridized carbons (Fsp3) is 0.364. The molecule has 29 heavy (non-hydrogen) atoms. The first kappa shape index (κ1) is 20.1. The van der Waals surface area contributed by atoms with E-state index >= 15 is 0 Å². The molecule has 0 radical (unpaired) electrons. The van der Waals surface area contributed by atoms with Crippen LogP contribution >= 0.6 is 27.7 Å². The summed E-state index contributed by atoms with van der Waals surface area (Å²) in [4.78, 5) is 31.5. The molecule has 0 saturated carbocycles. The second-order valence-electron chi connectivity index (χ2n) is 7.33. The van der Waals surface area contributed by atoms with Gasteiger partial charge in [0.2, 0.25) is 11.8 Å². The van der Waals surface area contributed by atoms with Gasteiger partial charge in [-0.25, -0.2) is 9.88 Å². The van der Waals surface area contributed by atoms with Gasteiger partial charge in [-0.15, -0.1) is 0 Å². The lowest BCUT2D eigenvalue weighted by molar-refractivity contribution is -0.121. The Balaban J connectivity index is 1.59. The maximum Gasteiger partial charge on any atom is 0.247 e. The second-order valence-corrected chi connectivity index (χ2v) is 9.43. The maximum atomic E-state index is 13.0. The van der Waals surface area contributed by atoms with Crippen molar-refractivity contribution in [2.75, 3.05) is 4.90 Å². The predicted molar refractivity (Wildman–Crippen MR) is 116 cm³/mol. The molecule has 148 valence electrons. The van der Waals surface area contributed by atoms with Crippen molar-refractivity contribution in [1.82, 2.24) is 4.98 Å². The fourth-order valence-corrected chi connectivity index (χ4v) is 5.19. The standard InChI is InChI=1S/C22H20BrN3O2S/c23-16-7-9-17(10-8-16)26-20(27)12-19(22(26)28)29-21-15(13-24)11-14-5-3-1-2-4-6-18(14)25-21/h7-11,19H,1-6,12H2. The van der Waals surface area contributed by atoms with E-state index < -0.39 is 5.25 Å². The van der Waals surface area contributed by atoms with Crippen molar-refractivity contribution in [2.45, 2.75) is 55.2 Å². The molecule has 5 nitrogen and oxygen atoms in total. The van der Waals surface area contributed by atoms with Crippen LogP contribution in [0, 0.1) is 11.3 Å². The number of aromatic nitrogens is 1. The average Bonchev–Trinajstić information content (AvgIpc) is 2.97. The molecule has 1 fully saturated rings. The lowest BCUT2D eigenvalue weighted by Crippen LogP contribution is -2.31. The van der Waals surface area contributed by atoms with Crippen LogP contribution in [-0.2, 0) is 22.4 Å². The maximum absolute atomic E-state index is 13.0. The third kappa shape index (κ3) is 4.24. The number of aryl methyl sites for hydroxylation is 2. The minimum absolute atomic E-state index is 0.114. The molecule has 1 aliphatic heterocycles. The first-order chi connectivity index (χ1) is 14.1. The van der Waals surface area contributed by atoms with Crippen LogP contribution < -0.4 is 4.90 Å². The Labute approximate surface area is 182 Å². The van der Waals surface area contributed by atoms with Crippen LogP contribution in [0.4, 0.5) is 5.69 Å². The molecule has 2 heterocycles. The fourth-order valence-electron chi connectivity index (χ4n) is 3.83. The van der Waals surface area contributed by atoms with E-state index in [4.69, 9.17) is 4.98 Å². The molecule has 7 heteroatoms. The van der Waals surface area contributed by atoms with Gasteiger partial charge in [0.25, 0.3) is 0 Å². The zero-order chi connectivity index (χ0) is 20.4. The zero-order valence-electron chi connectivity index (χ0n) is 15.9. The third-order valence-electron chi connectivity index (χ3n) is 5.33. The van der Waals surface area contributed by atoms with Crippen molar-refractivity contribution in [3.05, 3.63) is 51.6 Å². The number of imide groups is 1. The van der Waals surface area contributed by atoms with Crippen LogP contribution in [0.3, 0.4) is 0 Å². The molecule has 0 N–H and O–H groups in total. The number of halogens is 1. The lowest BCUT2D eigenvalue weighted by atomic mass is 9.96. The number of thioether (sulfide) groups is 1. The Bertz CT molecular complexity index is 1000. The van der Waals surface area contributed by atoms with E-state index in [0.717, 1.165) is 41.4 Å².